The lowest BCUT2D eigenvalue weighted by Gasteiger charge is -2.23. The minimum Gasteiger partial charge on any atom is -0.331 e. The molecule has 1 saturated heterocycles. The molecule has 1 aliphatic heterocycles. The van der Waals surface area contributed by atoms with Crippen LogP contribution in [0.5, 0.6) is 0 Å². The molecule has 2 aromatic rings. The van der Waals surface area contributed by atoms with Gasteiger partial charge in [-0.15, -0.1) is 10.2 Å². The van der Waals surface area contributed by atoms with Crippen LogP contribution in [0.2, 0.25) is 5.02 Å². The van der Waals surface area contributed by atoms with Gasteiger partial charge in [-0.1, -0.05) is 67.7 Å². The first-order valence-electron chi connectivity index (χ1n) is 10.3. The summed E-state index contributed by atoms with van der Waals surface area (Å²) in [5.41, 5.74) is 0.896. The third-order valence-corrected chi connectivity index (χ3v) is 6.26. The lowest BCUT2D eigenvalue weighted by Crippen LogP contribution is -2.43. The van der Waals surface area contributed by atoms with E-state index in [-0.39, 0.29) is 11.8 Å². The summed E-state index contributed by atoms with van der Waals surface area (Å²) >= 11 is 7.23. The summed E-state index contributed by atoms with van der Waals surface area (Å²) in [5.74, 6) is -0.0982. The Bertz CT molecular complexity index is 824. The maximum Gasteiger partial charge on any atom is 0.249 e. The Labute approximate surface area is 180 Å². The van der Waals surface area contributed by atoms with Crippen molar-refractivity contribution in [2.24, 2.45) is 0 Å². The number of unbranched alkanes of at least 4 members (excludes halogenated alkanes) is 4. The molecule has 0 saturated carbocycles. The summed E-state index contributed by atoms with van der Waals surface area (Å²) in [7, 11) is 0. The van der Waals surface area contributed by atoms with E-state index < -0.39 is 6.04 Å². The molecule has 1 unspecified atom stereocenters. The minimum atomic E-state index is -0.416. The van der Waals surface area contributed by atoms with E-state index in [9.17, 15) is 9.59 Å². The Morgan fingerprint density at radius 1 is 1.17 bits per heavy atom. The molecule has 0 bridgehead atoms. The summed E-state index contributed by atoms with van der Waals surface area (Å²) < 4.78 is 0. The molecule has 1 atom stereocenters. The Balaban J connectivity index is 1.54. The topological polar surface area (TPSA) is 75.2 Å². The van der Waals surface area contributed by atoms with Crippen LogP contribution in [0, 0.1) is 0 Å². The molecule has 1 aliphatic rings. The van der Waals surface area contributed by atoms with Crippen LogP contribution < -0.4 is 5.32 Å². The number of benzene rings is 1. The summed E-state index contributed by atoms with van der Waals surface area (Å²) in [6, 6.07) is 6.90. The zero-order valence-corrected chi connectivity index (χ0v) is 18.3. The largest absolute Gasteiger partial charge is 0.331 e. The summed E-state index contributed by atoms with van der Waals surface area (Å²) in [5, 5.41) is 12.9. The quantitative estimate of drug-likeness (QED) is 0.554. The van der Waals surface area contributed by atoms with Gasteiger partial charge < -0.3 is 4.90 Å². The SMILES string of the molecule is CCCCCCCC(=O)N1CCCC1C(=O)Nc1nnc(-c2ccc(Cl)cc2)s1. The average Bonchev–Trinajstić information content (AvgIpc) is 3.38. The second-order valence-electron chi connectivity index (χ2n) is 7.32. The molecular weight excluding hydrogens is 408 g/mol. The van der Waals surface area contributed by atoms with Gasteiger partial charge in [0.2, 0.25) is 16.9 Å². The molecule has 1 aromatic carbocycles. The predicted octanol–water partition coefficient (Wildman–Crippen LogP) is 5.15. The first kappa shape index (κ1) is 21.7. The van der Waals surface area contributed by atoms with Crippen molar-refractivity contribution < 1.29 is 9.59 Å². The maximum atomic E-state index is 12.8. The third-order valence-electron chi connectivity index (χ3n) is 5.12. The number of nitrogens with one attached hydrogen (secondary N) is 1. The van der Waals surface area contributed by atoms with Gasteiger partial charge in [0, 0.05) is 23.6 Å². The van der Waals surface area contributed by atoms with Gasteiger partial charge in [0.15, 0.2) is 0 Å². The zero-order valence-electron chi connectivity index (χ0n) is 16.7. The summed E-state index contributed by atoms with van der Waals surface area (Å²) in [6.45, 7) is 2.83. The van der Waals surface area contributed by atoms with Gasteiger partial charge in [-0.2, -0.15) is 0 Å². The number of carbonyl (C=O) groups is 2. The van der Waals surface area contributed by atoms with Crippen molar-refractivity contribution in [1.29, 1.82) is 0 Å². The number of carbonyl (C=O) groups excluding carboxylic acids is 2. The molecule has 8 heteroatoms. The number of amides is 2. The second-order valence-corrected chi connectivity index (χ2v) is 8.73. The fourth-order valence-corrected chi connectivity index (χ4v) is 4.41. The minimum absolute atomic E-state index is 0.0817. The highest BCUT2D eigenvalue weighted by molar-refractivity contribution is 7.18. The van der Waals surface area contributed by atoms with Crippen LogP contribution >= 0.6 is 22.9 Å². The van der Waals surface area contributed by atoms with Crippen LogP contribution in [0.15, 0.2) is 24.3 Å². The van der Waals surface area contributed by atoms with Gasteiger partial charge in [0.05, 0.1) is 0 Å². The van der Waals surface area contributed by atoms with Crippen molar-refractivity contribution in [3.8, 4) is 10.6 Å². The Kier molecular flexibility index (Phi) is 8.00. The standard InChI is InChI=1S/C21H27ClN4O2S/c1-2-3-4-5-6-9-18(27)26-14-7-8-17(26)19(28)23-21-25-24-20(29-21)15-10-12-16(22)13-11-15/h10-13,17H,2-9,14H2,1H3,(H,23,25,28). The monoisotopic (exact) mass is 434 g/mol. The van der Waals surface area contributed by atoms with Crippen molar-refractivity contribution >= 4 is 39.9 Å². The molecule has 1 N–H and O–H groups in total. The lowest BCUT2D eigenvalue weighted by atomic mass is 10.1. The molecule has 6 nitrogen and oxygen atoms in total. The van der Waals surface area contributed by atoms with Gasteiger partial charge in [0.25, 0.3) is 0 Å². The maximum absolute atomic E-state index is 12.8. The Hall–Kier alpha value is -1.99. The number of aromatic nitrogens is 2. The van der Waals surface area contributed by atoms with Gasteiger partial charge in [-0.05, 0) is 31.4 Å². The highest BCUT2D eigenvalue weighted by Gasteiger charge is 2.34. The third kappa shape index (κ3) is 6.00. The van der Waals surface area contributed by atoms with Crippen molar-refractivity contribution in [2.75, 3.05) is 11.9 Å². The van der Waals surface area contributed by atoms with E-state index in [1.165, 1.54) is 30.6 Å². The van der Waals surface area contributed by atoms with Gasteiger partial charge in [0.1, 0.15) is 11.0 Å². The van der Waals surface area contributed by atoms with Gasteiger partial charge in [-0.25, -0.2) is 0 Å². The molecule has 1 fully saturated rings. The van der Waals surface area contributed by atoms with E-state index in [1.54, 1.807) is 17.0 Å². The van der Waals surface area contributed by atoms with Crippen molar-refractivity contribution in [3.63, 3.8) is 0 Å². The lowest BCUT2D eigenvalue weighted by molar-refractivity contribution is -0.136. The molecule has 156 valence electrons. The predicted molar refractivity (Wildman–Crippen MR) is 117 cm³/mol. The number of likely N-dealkylation sites (tertiary alicyclic amines) is 1. The van der Waals surface area contributed by atoms with Crippen LogP contribution in [0.4, 0.5) is 5.13 Å². The fraction of sp³-hybridized carbons (Fsp3) is 0.524. The number of halogens is 1. The van der Waals surface area contributed by atoms with E-state index in [0.717, 1.165) is 24.8 Å². The van der Waals surface area contributed by atoms with E-state index in [0.29, 0.717) is 34.5 Å². The smallest absolute Gasteiger partial charge is 0.249 e. The molecular formula is C21H27ClN4O2S. The Morgan fingerprint density at radius 3 is 2.69 bits per heavy atom. The Morgan fingerprint density at radius 2 is 1.93 bits per heavy atom. The van der Waals surface area contributed by atoms with Crippen LogP contribution in [-0.4, -0.2) is 39.5 Å². The van der Waals surface area contributed by atoms with Gasteiger partial charge in [-0.3, -0.25) is 14.9 Å². The number of rotatable bonds is 9. The molecule has 2 heterocycles. The van der Waals surface area contributed by atoms with Crippen molar-refractivity contribution in [1.82, 2.24) is 15.1 Å². The first-order chi connectivity index (χ1) is 14.1. The second kappa shape index (κ2) is 10.7. The van der Waals surface area contributed by atoms with Crippen LogP contribution in [0.3, 0.4) is 0 Å². The van der Waals surface area contributed by atoms with Crippen LogP contribution in [0.25, 0.3) is 10.6 Å². The van der Waals surface area contributed by atoms with Crippen molar-refractivity contribution in [3.05, 3.63) is 29.3 Å². The molecule has 1 aromatic heterocycles. The molecule has 2 amide bonds. The summed E-state index contributed by atoms with van der Waals surface area (Å²) in [4.78, 5) is 27.1. The number of hydrogen-bond acceptors (Lipinski definition) is 5. The first-order valence-corrected chi connectivity index (χ1v) is 11.5. The van der Waals surface area contributed by atoms with Gasteiger partial charge >= 0.3 is 0 Å². The molecule has 0 aliphatic carbocycles. The van der Waals surface area contributed by atoms with E-state index >= 15 is 0 Å². The average molecular weight is 435 g/mol. The van der Waals surface area contributed by atoms with Crippen LogP contribution in [0.1, 0.15) is 58.3 Å². The number of hydrogen-bond donors (Lipinski definition) is 1. The zero-order chi connectivity index (χ0) is 20.6. The highest BCUT2D eigenvalue weighted by Crippen LogP contribution is 2.28. The van der Waals surface area contributed by atoms with E-state index in [1.807, 2.05) is 12.1 Å². The molecule has 0 spiro atoms. The molecule has 0 radical (unpaired) electrons. The summed E-state index contributed by atoms with van der Waals surface area (Å²) in [6.07, 6.45) is 7.60. The fourth-order valence-electron chi connectivity index (χ4n) is 3.53. The number of nitrogens with zero attached hydrogens (tertiary/aromatic N) is 3. The highest BCUT2D eigenvalue weighted by atomic mass is 35.5. The molecule has 3 rings (SSSR count). The van der Waals surface area contributed by atoms with Crippen molar-refractivity contribution in [2.45, 2.75) is 64.3 Å². The number of anilines is 1. The van der Waals surface area contributed by atoms with E-state index in [2.05, 4.69) is 22.4 Å². The van der Waals surface area contributed by atoms with Crippen LogP contribution in [-0.2, 0) is 9.59 Å². The molecule has 29 heavy (non-hydrogen) atoms. The van der Waals surface area contributed by atoms with E-state index in [4.69, 9.17) is 11.6 Å². The normalized spacial score (nSPS) is 16.2.